The first kappa shape index (κ1) is 28.1. The molecular formula is C28H38N4O5S. The first-order valence-corrected chi connectivity index (χ1v) is 14.5. The van der Waals surface area contributed by atoms with Crippen molar-refractivity contribution in [1.82, 2.24) is 14.2 Å². The summed E-state index contributed by atoms with van der Waals surface area (Å²) < 4.78 is 38.6. The highest BCUT2D eigenvalue weighted by molar-refractivity contribution is 7.89. The molecule has 1 saturated heterocycles. The Morgan fingerprint density at radius 1 is 0.974 bits per heavy atom. The number of rotatable bonds is 13. The zero-order valence-electron chi connectivity index (χ0n) is 22.5. The van der Waals surface area contributed by atoms with E-state index in [0.717, 1.165) is 53.8 Å². The first-order chi connectivity index (χ1) is 18.3. The lowest BCUT2D eigenvalue weighted by Gasteiger charge is -2.25. The molecule has 0 saturated carbocycles. The second-order valence-corrected chi connectivity index (χ2v) is 11.6. The van der Waals surface area contributed by atoms with E-state index in [0.29, 0.717) is 26.3 Å². The monoisotopic (exact) mass is 542 g/mol. The SMILES string of the molecule is COCCN(CCOC)C(=O)CCN(C)S(=O)(=O)c1ccc(N2CCCC2)c(-c2cc3ccccc3[nH]2)c1. The van der Waals surface area contributed by atoms with Gasteiger partial charge in [0.05, 0.1) is 18.1 Å². The third-order valence-electron chi connectivity index (χ3n) is 7.07. The number of ether oxygens (including phenoxy) is 2. The van der Waals surface area contributed by atoms with Crippen molar-refractivity contribution >= 4 is 32.5 Å². The van der Waals surface area contributed by atoms with Crippen molar-refractivity contribution in [2.45, 2.75) is 24.2 Å². The molecule has 0 atom stereocenters. The summed E-state index contributed by atoms with van der Waals surface area (Å²) in [5.74, 6) is -0.135. The Kier molecular flexibility index (Phi) is 9.43. The van der Waals surface area contributed by atoms with Gasteiger partial charge in [-0.1, -0.05) is 18.2 Å². The van der Waals surface area contributed by atoms with Crippen molar-refractivity contribution in [3.8, 4) is 11.3 Å². The first-order valence-electron chi connectivity index (χ1n) is 13.0. The lowest BCUT2D eigenvalue weighted by Crippen LogP contribution is -2.39. The van der Waals surface area contributed by atoms with Crippen LogP contribution in [0.5, 0.6) is 0 Å². The fourth-order valence-electron chi connectivity index (χ4n) is 4.82. The Labute approximate surface area is 225 Å². The minimum Gasteiger partial charge on any atom is -0.383 e. The molecule has 2 aromatic carbocycles. The summed E-state index contributed by atoms with van der Waals surface area (Å²) in [4.78, 5) is 20.5. The summed E-state index contributed by atoms with van der Waals surface area (Å²) >= 11 is 0. The summed E-state index contributed by atoms with van der Waals surface area (Å²) in [6, 6.07) is 15.4. The summed E-state index contributed by atoms with van der Waals surface area (Å²) in [7, 11) is 0.871. The molecule has 38 heavy (non-hydrogen) atoms. The number of methoxy groups -OCH3 is 2. The number of hydrogen-bond acceptors (Lipinski definition) is 6. The number of aromatic nitrogens is 1. The summed E-state index contributed by atoms with van der Waals surface area (Å²) in [5, 5.41) is 1.07. The van der Waals surface area contributed by atoms with Crippen molar-refractivity contribution < 1.29 is 22.7 Å². The molecule has 0 unspecified atom stereocenters. The van der Waals surface area contributed by atoms with Gasteiger partial charge in [0.15, 0.2) is 0 Å². The number of H-pyrrole nitrogens is 1. The zero-order chi connectivity index (χ0) is 27.1. The zero-order valence-corrected chi connectivity index (χ0v) is 23.3. The van der Waals surface area contributed by atoms with Crippen LogP contribution in [0.4, 0.5) is 5.69 Å². The smallest absolute Gasteiger partial charge is 0.242 e. The van der Waals surface area contributed by atoms with Crippen LogP contribution in [0.1, 0.15) is 19.3 Å². The summed E-state index contributed by atoms with van der Waals surface area (Å²) in [5.41, 5.74) is 3.77. The number of aromatic amines is 1. The van der Waals surface area contributed by atoms with E-state index in [9.17, 15) is 13.2 Å². The molecule has 4 rings (SSSR count). The number of hydrogen-bond donors (Lipinski definition) is 1. The topological polar surface area (TPSA) is 95.2 Å². The fraction of sp³-hybridized carbons (Fsp3) is 0.464. The molecule has 9 nitrogen and oxygen atoms in total. The predicted molar refractivity (Wildman–Crippen MR) is 150 cm³/mol. The molecule has 1 aliphatic rings. The van der Waals surface area contributed by atoms with Crippen LogP contribution >= 0.6 is 0 Å². The largest absolute Gasteiger partial charge is 0.383 e. The quantitative estimate of drug-likeness (QED) is 0.355. The average molecular weight is 543 g/mol. The van der Waals surface area contributed by atoms with Gasteiger partial charge in [0.25, 0.3) is 0 Å². The van der Waals surface area contributed by atoms with Gasteiger partial charge in [-0.3, -0.25) is 4.79 Å². The van der Waals surface area contributed by atoms with E-state index in [1.165, 1.54) is 11.4 Å². The lowest BCUT2D eigenvalue weighted by atomic mass is 10.1. The number of carbonyl (C=O) groups is 1. The maximum Gasteiger partial charge on any atom is 0.242 e. The summed E-state index contributed by atoms with van der Waals surface area (Å²) in [6.45, 7) is 3.65. The van der Waals surface area contributed by atoms with E-state index < -0.39 is 10.0 Å². The molecule has 1 amide bonds. The Hall–Kier alpha value is -2.92. The molecule has 0 radical (unpaired) electrons. The molecule has 10 heteroatoms. The van der Waals surface area contributed by atoms with Crippen molar-refractivity contribution in [2.75, 3.05) is 72.1 Å². The van der Waals surface area contributed by atoms with Crippen LogP contribution in [-0.4, -0.2) is 95.7 Å². The Morgan fingerprint density at radius 3 is 2.32 bits per heavy atom. The molecule has 0 aliphatic carbocycles. The van der Waals surface area contributed by atoms with Crippen LogP contribution in [0.3, 0.4) is 0 Å². The van der Waals surface area contributed by atoms with Gasteiger partial charge < -0.3 is 24.3 Å². The van der Waals surface area contributed by atoms with Crippen molar-refractivity contribution in [1.29, 1.82) is 0 Å². The van der Waals surface area contributed by atoms with Gasteiger partial charge in [0.2, 0.25) is 15.9 Å². The molecule has 1 fully saturated rings. The normalized spacial score (nSPS) is 14.1. The number of benzene rings is 2. The Bertz CT molecular complexity index is 1290. The number of fused-ring (bicyclic) bond motifs is 1. The number of amides is 1. The molecule has 0 spiro atoms. The molecule has 2 heterocycles. The Morgan fingerprint density at radius 2 is 1.66 bits per heavy atom. The second kappa shape index (κ2) is 12.8. The molecule has 206 valence electrons. The predicted octanol–water partition coefficient (Wildman–Crippen LogP) is 3.57. The van der Waals surface area contributed by atoms with E-state index >= 15 is 0 Å². The van der Waals surface area contributed by atoms with Gasteiger partial charge in [-0.05, 0) is 43.2 Å². The van der Waals surface area contributed by atoms with Crippen molar-refractivity contribution in [3.05, 3.63) is 48.5 Å². The van der Waals surface area contributed by atoms with E-state index in [4.69, 9.17) is 9.47 Å². The number of carbonyl (C=O) groups excluding carboxylic acids is 1. The minimum absolute atomic E-state index is 0.0733. The van der Waals surface area contributed by atoms with Crippen LogP contribution in [-0.2, 0) is 24.3 Å². The third-order valence-corrected chi connectivity index (χ3v) is 8.92. The van der Waals surface area contributed by atoms with E-state index in [1.807, 2.05) is 30.3 Å². The number of nitrogens with zero attached hydrogens (tertiary/aromatic N) is 3. The van der Waals surface area contributed by atoms with Crippen LogP contribution in [0.15, 0.2) is 53.4 Å². The van der Waals surface area contributed by atoms with Crippen LogP contribution in [0.2, 0.25) is 0 Å². The number of para-hydroxylation sites is 1. The minimum atomic E-state index is -3.81. The molecule has 1 aromatic heterocycles. The van der Waals surface area contributed by atoms with E-state index in [2.05, 4.69) is 16.0 Å². The van der Waals surface area contributed by atoms with Gasteiger partial charge in [0.1, 0.15) is 0 Å². The molecule has 3 aromatic rings. The number of anilines is 1. The standard InChI is InChI=1S/C28H38N4O5S/c1-30(15-12-28(33)32(16-18-36-2)17-19-37-3)38(34,35)23-10-11-27(31-13-6-7-14-31)24(21-23)26-20-22-8-4-5-9-25(22)29-26/h4-5,8-11,20-21,29H,6-7,12-19H2,1-3H3. The van der Waals surface area contributed by atoms with Gasteiger partial charge in [-0.2, -0.15) is 0 Å². The average Bonchev–Trinajstić information content (AvgIpc) is 3.61. The molecule has 1 N–H and O–H groups in total. The summed E-state index contributed by atoms with van der Waals surface area (Å²) in [6.07, 6.45) is 2.31. The molecule has 0 bridgehead atoms. The van der Waals surface area contributed by atoms with Gasteiger partial charge in [0, 0.05) is 88.3 Å². The maximum atomic E-state index is 13.6. The molecular weight excluding hydrogens is 504 g/mol. The van der Waals surface area contributed by atoms with Crippen molar-refractivity contribution in [2.24, 2.45) is 0 Å². The van der Waals surface area contributed by atoms with Gasteiger partial charge >= 0.3 is 0 Å². The van der Waals surface area contributed by atoms with Gasteiger partial charge in [-0.25, -0.2) is 12.7 Å². The lowest BCUT2D eigenvalue weighted by molar-refractivity contribution is -0.132. The highest BCUT2D eigenvalue weighted by Gasteiger charge is 2.26. The van der Waals surface area contributed by atoms with E-state index in [-0.39, 0.29) is 23.8 Å². The van der Waals surface area contributed by atoms with Crippen molar-refractivity contribution in [3.63, 3.8) is 0 Å². The maximum absolute atomic E-state index is 13.6. The van der Waals surface area contributed by atoms with Crippen LogP contribution in [0.25, 0.3) is 22.2 Å². The Balaban J connectivity index is 1.57. The van der Waals surface area contributed by atoms with Crippen LogP contribution in [0, 0.1) is 0 Å². The third kappa shape index (κ3) is 6.37. The number of sulfonamides is 1. The van der Waals surface area contributed by atoms with Crippen LogP contribution < -0.4 is 4.90 Å². The number of nitrogens with one attached hydrogen (secondary N) is 1. The highest BCUT2D eigenvalue weighted by Crippen LogP contribution is 2.36. The molecule has 1 aliphatic heterocycles. The van der Waals surface area contributed by atoms with E-state index in [1.54, 1.807) is 31.3 Å². The fourth-order valence-corrected chi connectivity index (χ4v) is 6.02. The highest BCUT2D eigenvalue weighted by atomic mass is 32.2. The second-order valence-electron chi connectivity index (χ2n) is 9.59. The van der Waals surface area contributed by atoms with Gasteiger partial charge in [-0.15, -0.1) is 0 Å².